The number of ether oxygens (including phenoxy) is 5. The number of halogens is 1. The average Bonchev–Trinajstić information content (AvgIpc) is 2.44. The highest BCUT2D eigenvalue weighted by Gasteiger charge is 2.61. The van der Waals surface area contributed by atoms with Gasteiger partial charge >= 0.3 is 23.9 Å². The Morgan fingerprint density at radius 2 is 1.46 bits per heavy atom. The van der Waals surface area contributed by atoms with Crippen molar-refractivity contribution in [1.82, 2.24) is 0 Å². The van der Waals surface area contributed by atoms with Crippen LogP contribution in [-0.2, 0) is 42.9 Å². The molecule has 1 aliphatic rings. The Kier molecular flexibility index (Phi) is 6.73. The van der Waals surface area contributed by atoms with Crippen molar-refractivity contribution >= 4 is 39.8 Å². The summed E-state index contributed by atoms with van der Waals surface area (Å²) < 4.78 is 25.7. The minimum absolute atomic E-state index is 0.676. The van der Waals surface area contributed by atoms with Crippen LogP contribution in [0.4, 0.5) is 0 Å². The minimum Gasteiger partial charge on any atom is -0.467 e. The Balaban J connectivity index is 3.40. The van der Waals surface area contributed by atoms with Crippen LogP contribution in [0, 0.1) is 0 Å². The summed E-state index contributed by atoms with van der Waals surface area (Å²) in [6, 6.07) is 0. The molecule has 24 heavy (non-hydrogen) atoms. The van der Waals surface area contributed by atoms with Gasteiger partial charge in [-0.2, -0.15) is 0 Å². The number of carbonyl (C=O) groups excluding carboxylic acids is 4. The number of hydrogen-bond acceptors (Lipinski definition) is 9. The van der Waals surface area contributed by atoms with Gasteiger partial charge in [-0.05, 0) is 6.92 Å². The Hall–Kier alpha value is -1.68. The number of methoxy groups -OCH3 is 1. The van der Waals surface area contributed by atoms with Crippen molar-refractivity contribution in [3.63, 3.8) is 0 Å². The molecule has 1 fully saturated rings. The predicted molar refractivity (Wildman–Crippen MR) is 80.9 cm³/mol. The molecule has 0 saturated carbocycles. The molecule has 0 aromatic rings. The van der Waals surface area contributed by atoms with Crippen molar-refractivity contribution < 1.29 is 42.9 Å². The molecular weight excluding hydrogens is 392 g/mol. The smallest absolute Gasteiger partial charge is 0.339 e. The maximum absolute atomic E-state index is 12.0. The van der Waals surface area contributed by atoms with Crippen LogP contribution < -0.4 is 0 Å². The molecule has 0 aromatic carbocycles. The van der Waals surface area contributed by atoms with Crippen LogP contribution in [0.3, 0.4) is 0 Å². The third kappa shape index (κ3) is 4.44. The van der Waals surface area contributed by atoms with E-state index in [9.17, 15) is 19.2 Å². The summed E-state index contributed by atoms with van der Waals surface area (Å²) in [5, 5.41) is -1.01. The Morgan fingerprint density at radius 3 is 1.88 bits per heavy atom. The van der Waals surface area contributed by atoms with Gasteiger partial charge in [0.15, 0.2) is 28.9 Å². The zero-order valence-corrected chi connectivity index (χ0v) is 15.4. The van der Waals surface area contributed by atoms with Gasteiger partial charge in [-0.1, -0.05) is 15.9 Å². The van der Waals surface area contributed by atoms with E-state index >= 15 is 0 Å². The summed E-state index contributed by atoms with van der Waals surface area (Å²) in [6.45, 7) is 4.78. The van der Waals surface area contributed by atoms with Crippen LogP contribution in [0.15, 0.2) is 0 Å². The summed E-state index contributed by atoms with van der Waals surface area (Å²) in [7, 11) is 1.13. The second kappa shape index (κ2) is 7.93. The van der Waals surface area contributed by atoms with Crippen molar-refractivity contribution in [1.29, 1.82) is 0 Å². The van der Waals surface area contributed by atoms with Gasteiger partial charge in [-0.15, -0.1) is 0 Å². The first kappa shape index (κ1) is 20.4. The van der Waals surface area contributed by atoms with Crippen molar-refractivity contribution in [2.24, 2.45) is 0 Å². The lowest BCUT2D eigenvalue weighted by atomic mass is 9.85. The normalized spacial score (nSPS) is 32.4. The Labute approximate surface area is 147 Å². The number of carbonyl (C=O) groups is 4. The van der Waals surface area contributed by atoms with Gasteiger partial charge in [0.05, 0.1) is 7.11 Å². The molecule has 0 unspecified atom stereocenters. The molecule has 0 aliphatic carbocycles. The summed E-state index contributed by atoms with van der Waals surface area (Å²) in [6.07, 6.45) is -3.95. The molecule has 0 amide bonds. The zero-order valence-electron chi connectivity index (χ0n) is 13.9. The van der Waals surface area contributed by atoms with Gasteiger partial charge < -0.3 is 23.7 Å². The number of alkyl halides is 1. The Bertz CT molecular complexity index is 534. The fourth-order valence-electron chi connectivity index (χ4n) is 2.43. The van der Waals surface area contributed by atoms with Crippen LogP contribution in [0.2, 0.25) is 0 Å². The third-order valence-corrected chi connectivity index (χ3v) is 4.00. The minimum atomic E-state index is -1.69. The standard InChI is InChI=1S/C14H19BrO9/c1-6(16)21-10-9(13(19)20-5)23-12(15)11(22-7(2)17)14(10,4)24-8(3)18/h9-12H,1-5H3/t9-,10+,11-,12-,14-/m0/s1. The highest BCUT2D eigenvalue weighted by atomic mass is 79.9. The topological polar surface area (TPSA) is 114 Å². The lowest BCUT2D eigenvalue weighted by Crippen LogP contribution is -2.68. The first-order valence-electron chi connectivity index (χ1n) is 6.94. The van der Waals surface area contributed by atoms with Gasteiger partial charge in [0.1, 0.15) is 0 Å². The molecule has 136 valence electrons. The lowest BCUT2D eigenvalue weighted by Gasteiger charge is -2.48. The van der Waals surface area contributed by atoms with E-state index < -0.39 is 52.8 Å². The van der Waals surface area contributed by atoms with Crippen molar-refractivity contribution in [2.75, 3.05) is 7.11 Å². The first-order chi connectivity index (χ1) is 11.0. The summed E-state index contributed by atoms with van der Waals surface area (Å²) in [4.78, 5) is 46.4. The first-order valence-corrected chi connectivity index (χ1v) is 7.85. The van der Waals surface area contributed by atoms with E-state index in [1.807, 2.05) is 0 Å². The monoisotopic (exact) mass is 410 g/mol. The fourth-order valence-corrected chi connectivity index (χ4v) is 3.30. The lowest BCUT2D eigenvalue weighted by molar-refractivity contribution is -0.264. The largest absolute Gasteiger partial charge is 0.467 e. The molecule has 0 radical (unpaired) electrons. The van der Waals surface area contributed by atoms with Crippen LogP contribution in [0.25, 0.3) is 0 Å². The van der Waals surface area contributed by atoms with E-state index in [1.54, 1.807) is 0 Å². The third-order valence-electron chi connectivity index (χ3n) is 3.30. The Morgan fingerprint density at radius 1 is 0.958 bits per heavy atom. The maximum atomic E-state index is 12.0. The van der Waals surface area contributed by atoms with Gasteiger partial charge in [-0.3, -0.25) is 14.4 Å². The summed E-state index contributed by atoms with van der Waals surface area (Å²) >= 11 is 3.14. The maximum Gasteiger partial charge on any atom is 0.339 e. The fraction of sp³-hybridized carbons (Fsp3) is 0.714. The second-order valence-electron chi connectivity index (χ2n) is 5.27. The second-order valence-corrected chi connectivity index (χ2v) is 6.17. The van der Waals surface area contributed by atoms with Crippen molar-refractivity contribution in [3.05, 3.63) is 0 Å². The quantitative estimate of drug-likeness (QED) is 0.370. The van der Waals surface area contributed by atoms with Crippen LogP contribution in [0.1, 0.15) is 27.7 Å². The average molecular weight is 411 g/mol. The van der Waals surface area contributed by atoms with Gasteiger partial charge in [0, 0.05) is 20.8 Å². The van der Waals surface area contributed by atoms with Crippen LogP contribution in [-0.4, -0.2) is 59.9 Å². The summed E-state index contributed by atoms with van der Waals surface area (Å²) in [5.74, 6) is -2.99. The molecule has 0 N–H and O–H groups in total. The number of esters is 4. The molecule has 1 saturated heterocycles. The molecule has 1 rings (SSSR count). The molecular formula is C14H19BrO9. The molecule has 1 aliphatic heterocycles. The van der Waals surface area contributed by atoms with E-state index in [-0.39, 0.29) is 0 Å². The van der Waals surface area contributed by atoms with Gasteiger partial charge in [-0.25, -0.2) is 4.79 Å². The molecule has 0 aromatic heterocycles. The molecule has 0 bridgehead atoms. The van der Waals surface area contributed by atoms with E-state index in [1.165, 1.54) is 6.92 Å². The molecule has 5 atom stereocenters. The highest BCUT2D eigenvalue weighted by Crippen LogP contribution is 2.39. The van der Waals surface area contributed by atoms with E-state index in [4.69, 9.17) is 18.9 Å². The zero-order chi connectivity index (χ0) is 18.7. The van der Waals surface area contributed by atoms with E-state index in [2.05, 4.69) is 20.7 Å². The number of rotatable bonds is 4. The van der Waals surface area contributed by atoms with Crippen molar-refractivity contribution in [3.8, 4) is 0 Å². The van der Waals surface area contributed by atoms with Gasteiger partial charge in [0.2, 0.25) is 0 Å². The molecule has 10 heteroatoms. The molecule has 9 nitrogen and oxygen atoms in total. The summed E-state index contributed by atoms with van der Waals surface area (Å²) in [5.41, 5.74) is -1.69. The predicted octanol–water partition coefficient (Wildman–Crippen LogP) is 0.464. The van der Waals surface area contributed by atoms with Crippen LogP contribution >= 0.6 is 15.9 Å². The van der Waals surface area contributed by atoms with Crippen LogP contribution in [0.5, 0.6) is 0 Å². The SMILES string of the molecule is COC(=O)[C@H]1O[C@H](Br)[C@H](OC(C)=O)[C@@](C)(OC(C)=O)[C@@H]1OC(C)=O. The van der Waals surface area contributed by atoms with Gasteiger partial charge in [0.25, 0.3) is 0 Å². The molecule has 1 heterocycles. The number of hydrogen-bond donors (Lipinski definition) is 0. The highest BCUT2D eigenvalue weighted by molar-refractivity contribution is 9.09. The van der Waals surface area contributed by atoms with E-state index in [0.717, 1.165) is 27.9 Å². The van der Waals surface area contributed by atoms with E-state index in [0.29, 0.717) is 0 Å². The van der Waals surface area contributed by atoms with Crippen molar-refractivity contribution in [2.45, 2.75) is 56.6 Å². The molecule has 0 spiro atoms.